The summed E-state index contributed by atoms with van der Waals surface area (Å²) in [5.41, 5.74) is 1.78. The summed E-state index contributed by atoms with van der Waals surface area (Å²) in [5.74, 6) is 0.368. The summed E-state index contributed by atoms with van der Waals surface area (Å²) < 4.78 is 7.38. The second-order valence-corrected chi connectivity index (χ2v) is 10.7. The molecule has 0 saturated carbocycles. The first kappa shape index (κ1) is 21.3. The minimum Gasteiger partial charge on any atom is -0.486 e. The van der Waals surface area contributed by atoms with E-state index < -0.39 is 5.60 Å². The summed E-state index contributed by atoms with van der Waals surface area (Å²) in [6.07, 6.45) is 1.79. The van der Waals surface area contributed by atoms with E-state index in [-0.39, 0.29) is 29.9 Å². The Kier molecular flexibility index (Phi) is 4.95. The first-order valence-electron chi connectivity index (χ1n) is 11.7. The van der Waals surface area contributed by atoms with Gasteiger partial charge in [-0.05, 0) is 37.3 Å². The summed E-state index contributed by atoms with van der Waals surface area (Å²) in [5, 5.41) is 0.989. The van der Waals surface area contributed by atoms with Crippen LogP contribution in [0.3, 0.4) is 0 Å². The molecule has 1 aromatic heterocycles. The van der Waals surface area contributed by atoms with Crippen molar-refractivity contribution in [3.8, 4) is 5.75 Å². The average molecular weight is 476 g/mol. The van der Waals surface area contributed by atoms with Gasteiger partial charge in [0.1, 0.15) is 11.4 Å². The number of para-hydroxylation sites is 1. The predicted octanol–water partition coefficient (Wildman–Crippen LogP) is 3.98. The van der Waals surface area contributed by atoms with E-state index in [1.807, 2.05) is 48.2 Å². The average Bonchev–Trinajstić information content (AvgIpc) is 3.40. The number of aryl methyl sites for hydroxylation is 1. The Labute approximate surface area is 201 Å². The molecule has 2 amide bonds. The van der Waals surface area contributed by atoms with Gasteiger partial charge in [0, 0.05) is 44.6 Å². The van der Waals surface area contributed by atoms with Crippen LogP contribution in [0, 0.1) is 12.8 Å². The van der Waals surface area contributed by atoms with E-state index in [0.717, 1.165) is 20.9 Å². The van der Waals surface area contributed by atoms with Crippen LogP contribution < -0.4 is 9.64 Å². The molecule has 1 spiro atoms. The molecular weight excluding hydrogens is 450 g/mol. The predicted molar refractivity (Wildman–Crippen MR) is 129 cm³/mol. The van der Waals surface area contributed by atoms with E-state index in [1.165, 1.54) is 0 Å². The third-order valence-corrected chi connectivity index (χ3v) is 8.20. The lowest BCUT2D eigenvalue weighted by molar-refractivity contribution is -0.139. The van der Waals surface area contributed by atoms with Gasteiger partial charge in [-0.3, -0.25) is 14.4 Å². The van der Waals surface area contributed by atoms with Crippen LogP contribution in [0.2, 0.25) is 0 Å². The van der Waals surface area contributed by atoms with Crippen LogP contribution in [0.5, 0.6) is 5.75 Å². The maximum absolute atomic E-state index is 13.3. The second-order valence-electron chi connectivity index (χ2n) is 9.50. The van der Waals surface area contributed by atoms with Crippen LogP contribution in [-0.2, 0) is 9.59 Å². The number of hydrogen-bond acceptors (Lipinski definition) is 6. The van der Waals surface area contributed by atoms with E-state index in [0.29, 0.717) is 50.2 Å². The number of likely N-dealkylation sites (tertiary alicyclic amines) is 1. The Morgan fingerprint density at radius 1 is 1.15 bits per heavy atom. The van der Waals surface area contributed by atoms with Crippen molar-refractivity contribution in [2.45, 2.75) is 38.2 Å². The molecule has 6 rings (SSSR count). The fourth-order valence-electron chi connectivity index (χ4n) is 5.44. The molecule has 34 heavy (non-hydrogen) atoms. The van der Waals surface area contributed by atoms with Crippen LogP contribution in [0.15, 0.2) is 42.5 Å². The summed E-state index contributed by atoms with van der Waals surface area (Å²) in [6, 6.07) is 13.2. The number of rotatable bonds is 2. The van der Waals surface area contributed by atoms with Gasteiger partial charge in [0.15, 0.2) is 5.78 Å². The lowest BCUT2D eigenvalue weighted by atomic mass is 9.82. The van der Waals surface area contributed by atoms with Crippen molar-refractivity contribution in [3.63, 3.8) is 0 Å². The zero-order valence-corrected chi connectivity index (χ0v) is 19.8. The number of benzene rings is 2. The van der Waals surface area contributed by atoms with Crippen LogP contribution in [-0.4, -0.2) is 52.7 Å². The van der Waals surface area contributed by atoms with Crippen LogP contribution in [0.25, 0.3) is 10.2 Å². The minimum absolute atomic E-state index is 0.0128. The highest BCUT2D eigenvalue weighted by molar-refractivity contribution is 7.18. The van der Waals surface area contributed by atoms with Crippen molar-refractivity contribution in [3.05, 3.63) is 53.0 Å². The lowest BCUT2D eigenvalue weighted by Gasteiger charge is -2.44. The second kappa shape index (κ2) is 7.91. The minimum atomic E-state index is -0.541. The number of carbonyl (C=O) groups is 3. The molecule has 0 N–H and O–H groups in total. The zero-order chi connectivity index (χ0) is 23.4. The topological polar surface area (TPSA) is 79.8 Å². The molecule has 8 heteroatoms. The molecule has 3 aliphatic rings. The van der Waals surface area contributed by atoms with Gasteiger partial charge < -0.3 is 14.5 Å². The molecule has 0 radical (unpaired) electrons. The number of nitrogens with zero attached hydrogens (tertiary/aromatic N) is 3. The number of thiazole rings is 1. The number of fused-ring (bicyclic) bond motifs is 2. The molecule has 174 valence electrons. The van der Waals surface area contributed by atoms with E-state index in [1.54, 1.807) is 22.3 Å². The first-order chi connectivity index (χ1) is 16.4. The highest BCUT2D eigenvalue weighted by Gasteiger charge is 2.45. The number of Topliss-reactive ketones (excluding diaryl/α,β-unsaturated/α-hetero) is 1. The molecule has 2 fully saturated rings. The molecule has 4 heterocycles. The van der Waals surface area contributed by atoms with Gasteiger partial charge in [-0.15, -0.1) is 11.3 Å². The standard InChI is InChI=1S/C26H25N3O4S/c1-16-27-20-13-18(6-7-23(20)34-16)29-15-17(12-24(29)31)25(32)28-10-8-26(9-11-28)14-21(30)19-4-2-3-5-22(19)33-26/h2-7,13,17H,8-12,14-15H2,1H3. The molecular formula is C26H25N3O4S. The van der Waals surface area contributed by atoms with Gasteiger partial charge in [-0.2, -0.15) is 0 Å². The van der Waals surface area contributed by atoms with E-state index in [2.05, 4.69) is 4.98 Å². The fraction of sp³-hybridized carbons (Fsp3) is 0.385. The summed E-state index contributed by atoms with van der Waals surface area (Å²) in [6.45, 7) is 3.41. The Morgan fingerprint density at radius 3 is 2.76 bits per heavy atom. The van der Waals surface area contributed by atoms with E-state index in [4.69, 9.17) is 4.74 Å². The van der Waals surface area contributed by atoms with E-state index >= 15 is 0 Å². The van der Waals surface area contributed by atoms with Crippen molar-refractivity contribution in [2.24, 2.45) is 5.92 Å². The smallest absolute Gasteiger partial charge is 0.228 e. The van der Waals surface area contributed by atoms with Crippen LogP contribution in [0.4, 0.5) is 5.69 Å². The van der Waals surface area contributed by atoms with Gasteiger partial charge in [0.25, 0.3) is 0 Å². The van der Waals surface area contributed by atoms with Crippen molar-refractivity contribution >= 4 is 44.8 Å². The number of aromatic nitrogens is 1. The van der Waals surface area contributed by atoms with Gasteiger partial charge in [0.2, 0.25) is 11.8 Å². The van der Waals surface area contributed by atoms with E-state index in [9.17, 15) is 14.4 Å². The van der Waals surface area contributed by atoms with Gasteiger partial charge >= 0.3 is 0 Å². The first-order valence-corrected chi connectivity index (χ1v) is 12.5. The normalized spacial score (nSPS) is 21.7. The number of ether oxygens (including phenoxy) is 1. The van der Waals surface area contributed by atoms with Gasteiger partial charge in [-0.25, -0.2) is 4.98 Å². The molecule has 1 unspecified atom stereocenters. The van der Waals surface area contributed by atoms with Gasteiger partial charge in [0.05, 0.1) is 33.1 Å². The molecule has 2 saturated heterocycles. The number of hydrogen-bond donors (Lipinski definition) is 0. The highest BCUT2D eigenvalue weighted by Crippen LogP contribution is 2.40. The number of anilines is 1. The molecule has 3 aromatic rings. The van der Waals surface area contributed by atoms with Gasteiger partial charge in [-0.1, -0.05) is 12.1 Å². The monoisotopic (exact) mass is 475 g/mol. The maximum Gasteiger partial charge on any atom is 0.228 e. The third-order valence-electron chi connectivity index (χ3n) is 7.25. The number of carbonyl (C=O) groups excluding carboxylic acids is 3. The SMILES string of the molecule is Cc1nc2cc(N3CC(C(=O)N4CCC5(CC4)CC(=O)c4ccccc4O5)CC3=O)ccc2s1. The zero-order valence-electron chi connectivity index (χ0n) is 19.0. The molecule has 3 aliphatic heterocycles. The fourth-order valence-corrected chi connectivity index (χ4v) is 6.24. The number of ketones is 1. The number of amides is 2. The largest absolute Gasteiger partial charge is 0.486 e. The third kappa shape index (κ3) is 3.57. The molecule has 1 atom stereocenters. The summed E-state index contributed by atoms with van der Waals surface area (Å²) >= 11 is 1.63. The molecule has 2 aromatic carbocycles. The molecule has 7 nitrogen and oxygen atoms in total. The van der Waals surface area contributed by atoms with Crippen LogP contribution >= 0.6 is 11.3 Å². The van der Waals surface area contributed by atoms with Crippen LogP contribution in [0.1, 0.15) is 41.0 Å². The van der Waals surface area contributed by atoms with Crippen molar-refractivity contribution < 1.29 is 19.1 Å². The number of piperidine rings is 1. The Morgan fingerprint density at radius 2 is 1.94 bits per heavy atom. The Bertz CT molecular complexity index is 1320. The van der Waals surface area contributed by atoms with Crippen molar-refractivity contribution in [2.75, 3.05) is 24.5 Å². The molecule has 0 bridgehead atoms. The van der Waals surface area contributed by atoms with Crippen molar-refractivity contribution in [1.82, 2.24) is 9.88 Å². The maximum atomic E-state index is 13.3. The quantitative estimate of drug-likeness (QED) is 0.560. The Balaban J connectivity index is 1.12. The summed E-state index contributed by atoms with van der Waals surface area (Å²) in [4.78, 5) is 46.8. The highest BCUT2D eigenvalue weighted by atomic mass is 32.1. The summed E-state index contributed by atoms with van der Waals surface area (Å²) in [7, 11) is 0. The Hall–Kier alpha value is -3.26. The molecule has 0 aliphatic carbocycles. The van der Waals surface area contributed by atoms with Crippen molar-refractivity contribution in [1.29, 1.82) is 0 Å². The lowest BCUT2D eigenvalue weighted by Crippen LogP contribution is -2.53.